The fraction of sp³-hybridized carbons (Fsp3) is 0.385. The van der Waals surface area contributed by atoms with Crippen molar-refractivity contribution >= 4 is 11.8 Å². The highest BCUT2D eigenvalue weighted by atomic mass is 16.2. The molecule has 0 bridgehead atoms. The van der Waals surface area contributed by atoms with Crippen LogP contribution in [0.15, 0.2) is 18.2 Å². The minimum absolute atomic E-state index is 0.269. The minimum Gasteiger partial charge on any atom is -0.368 e. The van der Waals surface area contributed by atoms with E-state index in [1.807, 2.05) is 12.1 Å². The molecule has 5 heteroatoms. The molecule has 18 heavy (non-hydrogen) atoms. The van der Waals surface area contributed by atoms with Gasteiger partial charge in [-0.2, -0.15) is 0 Å². The van der Waals surface area contributed by atoms with Gasteiger partial charge in [0.05, 0.1) is 0 Å². The average Bonchev–Trinajstić information content (AvgIpc) is 2.37. The van der Waals surface area contributed by atoms with Gasteiger partial charge in [0, 0.05) is 12.1 Å². The summed E-state index contributed by atoms with van der Waals surface area (Å²) in [6.07, 6.45) is 0.981. The Labute approximate surface area is 106 Å². The van der Waals surface area contributed by atoms with Crippen molar-refractivity contribution in [1.82, 2.24) is 10.6 Å². The molecule has 4 N–H and O–H groups in total. The second-order valence-corrected chi connectivity index (χ2v) is 4.51. The quantitative estimate of drug-likeness (QED) is 0.699. The van der Waals surface area contributed by atoms with Crippen LogP contribution >= 0.6 is 0 Å². The molecule has 1 heterocycles. The molecular formula is C13H17N3O2. The average molecular weight is 247 g/mol. The van der Waals surface area contributed by atoms with Gasteiger partial charge in [0.15, 0.2) is 0 Å². The molecule has 0 aliphatic carbocycles. The summed E-state index contributed by atoms with van der Waals surface area (Å²) in [5, 5.41) is 5.83. The van der Waals surface area contributed by atoms with Gasteiger partial charge in [-0.3, -0.25) is 9.59 Å². The van der Waals surface area contributed by atoms with Gasteiger partial charge < -0.3 is 16.4 Å². The van der Waals surface area contributed by atoms with E-state index in [9.17, 15) is 9.59 Å². The molecule has 1 aromatic rings. The summed E-state index contributed by atoms with van der Waals surface area (Å²) in [6.45, 7) is 3.32. The number of fused-ring (bicyclic) bond motifs is 1. The van der Waals surface area contributed by atoms with Crippen molar-refractivity contribution in [3.05, 3.63) is 34.9 Å². The highest BCUT2D eigenvalue weighted by Gasteiger charge is 2.16. The molecule has 2 amide bonds. The van der Waals surface area contributed by atoms with Crippen LogP contribution in [0.25, 0.3) is 0 Å². The monoisotopic (exact) mass is 247 g/mol. The molecular weight excluding hydrogens is 230 g/mol. The van der Waals surface area contributed by atoms with E-state index in [4.69, 9.17) is 5.73 Å². The molecule has 5 nitrogen and oxygen atoms in total. The molecule has 1 aliphatic heterocycles. The van der Waals surface area contributed by atoms with Crippen LogP contribution in [0.4, 0.5) is 0 Å². The zero-order valence-electron chi connectivity index (χ0n) is 10.3. The number of hydrogen-bond acceptors (Lipinski definition) is 3. The van der Waals surface area contributed by atoms with E-state index in [0.29, 0.717) is 5.56 Å². The van der Waals surface area contributed by atoms with Gasteiger partial charge >= 0.3 is 0 Å². The molecule has 2 rings (SSSR count). The smallest absolute Gasteiger partial charge is 0.251 e. The minimum atomic E-state index is -0.661. The SMILES string of the molecule is CC(NC(=O)c1ccc2c(c1)CNCC2)C(N)=O. The largest absolute Gasteiger partial charge is 0.368 e. The molecule has 0 radical (unpaired) electrons. The van der Waals surface area contributed by atoms with Crippen molar-refractivity contribution in [2.24, 2.45) is 5.73 Å². The number of amides is 2. The summed E-state index contributed by atoms with van der Waals surface area (Å²) in [5.41, 5.74) is 8.08. The zero-order valence-corrected chi connectivity index (χ0v) is 10.3. The number of carbonyl (C=O) groups excluding carboxylic acids is 2. The number of rotatable bonds is 3. The number of primary amides is 1. The standard InChI is InChI=1S/C13H17N3O2/c1-8(12(14)17)16-13(18)10-3-2-9-4-5-15-7-11(9)6-10/h2-3,6,8,15H,4-5,7H2,1H3,(H2,14,17)(H,16,18). The van der Waals surface area contributed by atoms with Gasteiger partial charge in [0.2, 0.25) is 5.91 Å². The summed E-state index contributed by atoms with van der Waals surface area (Å²) in [4.78, 5) is 22.8. The second-order valence-electron chi connectivity index (χ2n) is 4.51. The van der Waals surface area contributed by atoms with Gasteiger partial charge in [0.1, 0.15) is 6.04 Å². The van der Waals surface area contributed by atoms with Gasteiger partial charge in [-0.05, 0) is 43.1 Å². The first-order valence-electron chi connectivity index (χ1n) is 6.00. The van der Waals surface area contributed by atoms with Crippen LogP contribution in [0.3, 0.4) is 0 Å². The van der Waals surface area contributed by atoms with Crippen LogP contribution in [0.5, 0.6) is 0 Å². The molecule has 0 aromatic heterocycles. The zero-order chi connectivity index (χ0) is 13.1. The molecule has 1 aliphatic rings. The van der Waals surface area contributed by atoms with E-state index in [-0.39, 0.29) is 5.91 Å². The number of nitrogens with two attached hydrogens (primary N) is 1. The second kappa shape index (κ2) is 5.18. The molecule has 1 aromatic carbocycles. The Bertz CT molecular complexity index is 485. The normalized spacial score (nSPS) is 15.6. The Morgan fingerprint density at radius 3 is 2.89 bits per heavy atom. The summed E-state index contributed by atoms with van der Waals surface area (Å²) < 4.78 is 0. The van der Waals surface area contributed by atoms with E-state index in [0.717, 1.165) is 25.1 Å². The fourth-order valence-corrected chi connectivity index (χ4v) is 1.97. The lowest BCUT2D eigenvalue weighted by molar-refractivity contribution is -0.119. The molecule has 96 valence electrons. The first-order valence-corrected chi connectivity index (χ1v) is 6.00. The summed E-state index contributed by atoms with van der Waals surface area (Å²) in [5.74, 6) is -0.808. The predicted octanol–water partition coefficient (Wildman–Crippen LogP) is -0.0641. The van der Waals surface area contributed by atoms with E-state index in [1.165, 1.54) is 5.56 Å². The third kappa shape index (κ3) is 2.68. The molecule has 1 atom stereocenters. The first kappa shape index (κ1) is 12.6. The number of carbonyl (C=O) groups is 2. The number of hydrogen-bond donors (Lipinski definition) is 3. The van der Waals surface area contributed by atoms with Crippen molar-refractivity contribution in [2.75, 3.05) is 6.54 Å². The van der Waals surface area contributed by atoms with E-state index >= 15 is 0 Å². The van der Waals surface area contributed by atoms with Crippen molar-refractivity contribution in [3.8, 4) is 0 Å². The first-order chi connectivity index (χ1) is 8.58. The lowest BCUT2D eigenvalue weighted by Crippen LogP contribution is -2.42. The topological polar surface area (TPSA) is 84.2 Å². The Morgan fingerprint density at radius 2 is 2.17 bits per heavy atom. The molecule has 0 saturated carbocycles. The maximum atomic E-state index is 11.9. The van der Waals surface area contributed by atoms with Gasteiger partial charge in [-0.1, -0.05) is 6.07 Å². The van der Waals surface area contributed by atoms with Crippen LogP contribution in [-0.2, 0) is 17.8 Å². The van der Waals surface area contributed by atoms with Crippen molar-refractivity contribution in [2.45, 2.75) is 25.9 Å². The van der Waals surface area contributed by atoms with Gasteiger partial charge in [0.25, 0.3) is 5.91 Å². The maximum absolute atomic E-state index is 11.9. The van der Waals surface area contributed by atoms with E-state index in [2.05, 4.69) is 10.6 Å². The summed E-state index contributed by atoms with van der Waals surface area (Å²) in [6, 6.07) is 4.96. The lowest BCUT2D eigenvalue weighted by atomic mass is 9.98. The van der Waals surface area contributed by atoms with Crippen molar-refractivity contribution < 1.29 is 9.59 Å². The van der Waals surface area contributed by atoms with Crippen LogP contribution in [-0.4, -0.2) is 24.4 Å². The third-order valence-electron chi connectivity index (χ3n) is 3.13. The number of benzene rings is 1. The lowest BCUT2D eigenvalue weighted by Gasteiger charge is -2.18. The highest BCUT2D eigenvalue weighted by Crippen LogP contribution is 2.15. The van der Waals surface area contributed by atoms with Crippen LogP contribution in [0, 0.1) is 0 Å². The third-order valence-corrected chi connectivity index (χ3v) is 3.13. The van der Waals surface area contributed by atoms with E-state index < -0.39 is 11.9 Å². The van der Waals surface area contributed by atoms with Gasteiger partial charge in [-0.25, -0.2) is 0 Å². The Kier molecular flexibility index (Phi) is 3.62. The highest BCUT2D eigenvalue weighted by molar-refractivity contribution is 5.97. The summed E-state index contributed by atoms with van der Waals surface area (Å²) in [7, 11) is 0. The van der Waals surface area contributed by atoms with Crippen LogP contribution in [0.2, 0.25) is 0 Å². The number of nitrogens with one attached hydrogen (secondary N) is 2. The fourth-order valence-electron chi connectivity index (χ4n) is 1.97. The molecule has 0 saturated heterocycles. The van der Waals surface area contributed by atoms with Crippen molar-refractivity contribution in [1.29, 1.82) is 0 Å². The maximum Gasteiger partial charge on any atom is 0.251 e. The Morgan fingerprint density at radius 1 is 1.39 bits per heavy atom. The molecule has 0 spiro atoms. The van der Waals surface area contributed by atoms with E-state index in [1.54, 1.807) is 13.0 Å². The molecule has 1 unspecified atom stereocenters. The van der Waals surface area contributed by atoms with Crippen LogP contribution < -0.4 is 16.4 Å². The predicted molar refractivity (Wildman–Crippen MR) is 68.0 cm³/mol. The molecule has 0 fully saturated rings. The Balaban J connectivity index is 2.13. The van der Waals surface area contributed by atoms with Crippen molar-refractivity contribution in [3.63, 3.8) is 0 Å². The van der Waals surface area contributed by atoms with Crippen LogP contribution in [0.1, 0.15) is 28.4 Å². The Hall–Kier alpha value is -1.88. The summed E-state index contributed by atoms with van der Waals surface area (Å²) >= 11 is 0. The van der Waals surface area contributed by atoms with Gasteiger partial charge in [-0.15, -0.1) is 0 Å².